The third-order valence-electron chi connectivity index (χ3n) is 8.65. The van der Waals surface area contributed by atoms with E-state index in [1.54, 1.807) is 39.0 Å². The zero-order chi connectivity index (χ0) is 42.4. The first-order valence-corrected chi connectivity index (χ1v) is 21.0. The summed E-state index contributed by atoms with van der Waals surface area (Å²) in [6.45, 7) is 12.3. The van der Waals surface area contributed by atoms with E-state index in [9.17, 15) is 33.6 Å². The van der Waals surface area contributed by atoms with E-state index < -0.39 is 53.9 Å². The zero-order valence-corrected chi connectivity index (χ0v) is 36.6. The van der Waals surface area contributed by atoms with Crippen molar-refractivity contribution in [2.45, 2.75) is 105 Å². The maximum absolute atomic E-state index is 13.7. The Labute approximate surface area is 350 Å². The number of benzene rings is 1. The van der Waals surface area contributed by atoms with Crippen molar-refractivity contribution in [3.8, 4) is 0 Å². The Hall–Kier alpha value is -3.84. The van der Waals surface area contributed by atoms with Gasteiger partial charge in [-0.3, -0.25) is 29.4 Å². The van der Waals surface area contributed by atoms with Crippen LogP contribution >= 0.6 is 22.6 Å². The van der Waals surface area contributed by atoms with E-state index in [-0.39, 0.29) is 83.4 Å². The molecule has 1 atom stereocenters. The molecule has 1 aliphatic rings. The summed E-state index contributed by atoms with van der Waals surface area (Å²) in [6, 6.07) is 3.73. The Morgan fingerprint density at radius 3 is 1.84 bits per heavy atom. The fourth-order valence-corrected chi connectivity index (χ4v) is 6.05. The maximum Gasteiger partial charge on any atom is 0.409 e. The molecule has 1 aromatic rings. The minimum Gasteiger partial charge on any atom is -0.465 e. The van der Waals surface area contributed by atoms with Gasteiger partial charge in [0.15, 0.2) is 5.78 Å². The predicted octanol–water partition coefficient (Wildman–Crippen LogP) is 5.01. The summed E-state index contributed by atoms with van der Waals surface area (Å²) in [4.78, 5) is 93.7. The van der Waals surface area contributed by atoms with Gasteiger partial charge in [-0.25, -0.2) is 14.4 Å². The van der Waals surface area contributed by atoms with Crippen molar-refractivity contribution in [2.75, 3.05) is 72.2 Å². The molecule has 2 N–H and O–H groups in total. The van der Waals surface area contributed by atoms with Crippen LogP contribution in [-0.2, 0) is 38.1 Å². The number of hydrogen-bond acceptors (Lipinski definition) is 13. The molecule has 16 nitrogen and oxygen atoms in total. The molecule has 1 unspecified atom stereocenters. The van der Waals surface area contributed by atoms with E-state index in [1.807, 2.05) is 20.8 Å². The number of amides is 4. The summed E-state index contributed by atoms with van der Waals surface area (Å²) in [5.74, 6) is -2.27. The van der Waals surface area contributed by atoms with E-state index in [0.717, 1.165) is 30.6 Å². The normalized spacial score (nSPS) is 13.3. The van der Waals surface area contributed by atoms with Crippen LogP contribution in [0.2, 0.25) is 0 Å². The van der Waals surface area contributed by atoms with Crippen LogP contribution in [0, 0.1) is 3.57 Å². The SMILES string of the molecule is CCCCOC(=O)CNCCN(CCN(CCNC(C(=O)OC(C)(C)C)c1cc(C(=O)CN2C(=O)CCC2=O)ccc1I)C(=O)OCCCC)C(=O)OCCCC. The second-order valence-electron chi connectivity index (χ2n) is 14.6. The van der Waals surface area contributed by atoms with E-state index in [2.05, 4.69) is 33.2 Å². The number of hydrogen-bond donors (Lipinski definition) is 2. The summed E-state index contributed by atoms with van der Waals surface area (Å²) < 4.78 is 22.6. The number of halogens is 1. The molecule has 1 fully saturated rings. The summed E-state index contributed by atoms with van der Waals surface area (Å²) >= 11 is 2.06. The van der Waals surface area contributed by atoms with Crippen molar-refractivity contribution < 1.29 is 52.5 Å². The van der Waals surface area contributed by atoms with Crippen LogP contribution in [-0.4, -0.2) is 134 Å². The Kier molecular flexibility index (Phi) is 22.7. The molecular formula is C40H62IN5O11. The first-order valence-electron chi connectivity index (χ1n) is 19.9. The molecule has 1 aliphatic heterocycles. The number of imide groups is 1. The number of nitrogens with zero attached hydrogens (tertiary/aromatic N) is 3. The fraction of sp³-hybridized carbons (Fsp3) is 0.675. The molecule has 0 bridgehead atoms. The van der Waals surface area contributed by atoms with Crippen LogP contribution in [0.25, 0.3) is 0 Å². The fourth-order valence-electron chi connectivity index (χ4n) is 5.40. The molecule has 0 aromatic heterocycles. The van der Waals surface area contributed by atoms with E-state index in [4.69, 9.17) is 18.9 Å². The monoisotopic (exact) mass is 915 g/mol. The quantitative estimate of drug-likeness (QED) is 0.0316. The number of nitrogens with one attached hydrogen (secondary N) is 2. The average Bonchev–Trinajstić information content (AvgIpc) is 3.47. The van der Waals surface area contributed by atoms with Crippen LogP contribution in [0.3, 0.4) is 0 Å². The van der Waals surface area contributed by atoms with Gasteiger partial charge in [-0.05, 0) is 80.3 Å². The van der Waals surface area contributed by atoms with Gasteiger partial charge in [0.25, 0.3) is 0 Å². The molecule has 57 heavy (non-hydrogen) atoms. The third kappa shape index (κ3) is 18.5. The van der Waals surface area contributed by atoms with Gasteiger partial charge in [-0.15, -0.1) is 0 Å². The highest BCUT2D eigenvalue weighted by Gasteiger charge is 2.32. The van der Waals surface area contributed by atoms with Crippen LogP contribution in [0.1, 0.15) is 115 Å². The summed E-state index contributed by atoms with van der Waals surface area (Å²) in [7, 11) is 0. The van der Waals surface area contributed by atoms with Gasteiger partial charge in [-0.2, -0.15) is 0 Å². The highest BCUT2D eigenvalue weighted by molar-refractivity contribution is 14.1. The molecule has 4 amide bonds. The summed E-state index contributed by atoms with van der Waals surface area (Å²) in [6.07, 6.45) is 3.66. The van der Waals surface area contributed by atoms with Gasteiger partial charge < -0.3 is 34.1 Å². The smallest absolute Gasteiger partial charge is 0.409 e. The highest BCUT2D eigenvalue weighted by atomic mass is 127. The second kappa shape index (κ2) is 26.2. The second-order valence-corrected chi connectivity index (χ2v) is 15.8. The Morgan fingerprint density at radius 1 is 0.789 bits per heavy atom. The Bertz CT molecular complexity index is 1490. The Morgan fingerprint density at radius 2 is 1.32 bits per heavy atom. The number of likely N-dealkylation sites (tertiary alicyclic amines) is 1. The first kappa shape index (κ1) is 49.3. The van der Waals surface area contributed by atoms with Crippen LogP contribution < -0.4 is 10.6 Å². The molecule has 0 spiro atoms. The predicted molar refractivity (Wildman–Crippen MR) is 220 cm³/mol. The van der Waals surface area contributed by atoms with Gasteiger partial charge in [-0.1, -0.05) is 46.1 Å². The van der Waals surface area contributed by atoms with Crippen molar-refractivity contribution >= 4 is 64.3 Å². The number of carbonyl (C=O) groups excluding carboxylic acids is 7. The van der Waals surface area contributed by atoms with Crippen molar-refractivity contribution in [3.63, 3.8) is 0 Å². The zero-order valence-electron chi connectivity index (χ0n) is 34.5. The summed E-state index contributed by atoms with van der Waals surface area (Å²) in [5.41, 5.74) is -0.196. The first-order chi connectivity index (χ1) is 27.1. The van der Waals surface area contributed by atoms with E-state index in [0.29, 0.717) is 28.6 Å². The number of rotatable bonds is 26. The molecule has 0 radical (unpaired) electrons. The van der Waals surface area contributed by atoms with E-state index in [1.165, 1.54) is 9.80 Å². The van der Waals surface area contributed by atoms with Crippen LogP contribution in [0.4, 0.5) is 9.59 Å². The van der Waals surface area contributed by atoms with Crippen molar-refractivity contribution in [3.05, 3.63) is 32.9 Å². The lowest BCUT2D eigenvalue weighted by atomic mass is 10.0. The Balaban J connectivity index is 2.26. The lowest BCUT2D eigenvalue weighted by Gasteiger charge is -2.29. The van der Waals surface area contributed by atoms with Crippen LogP contribution in [0.5, 0.6) is 0 Å². The molecule has 320 valence electrons. The number of Topliss-reactive ketones (excluding diaryl/α,β-unsaturated/α-hetero) is 1. The van der Waals surface area contributed by atoms with Gasteiger partial charge in [0.2, 0.25) is 11.8 Å². The number of carbonyl (C=O) groups is 7. The van der Waals surface area contributed by atoms with Gasteiger partial charge in [0.1, 0.15) is 11.6 Å². The standard InChI is InChI=1S/C40H62IN5O11/c1-7-10-23-54-35(50)27-42-17-19-44(38(52)55-24-11-8-2)21-22-45(39(53)56-25-12-9-3)20-18-43-36(37(51)57-40(4,5)6)30-26-29(13-14-31(30)41)32(47)28-46-33(48)15-16-34(46)49/h13-14,26,36,42-43H,7-12,15-25,27-28H2,1-6H3. The number of ketones is 1. The molecule has 0 saturated carbocycles. The van der Waals surface area contributed by atoms with E-state index >= 15 is 0 Å². The number of ether oxygens (including phenoxy) is 4. The lowest BCUT2D eigenvalue weighted by Crippen LogP contribution is -2.46. The topological polar surface area (TPSA) is 190 Å². The molecule has 17 heteroatoms. The minimum absolute atomic E-state index is 0.0173. The van der Waals surface area contributed by atoms with Crippen molar-refractivity contribution in [2.24, 2.45) is 0 Å². The maximum atomic E-state index is 13.7. The molecule has 1 aromatic carbocycles. The molecular weight excluding hydrogens is 853 g/mol. The van der Waals surface area contributed by atoms with Crippen molar-refractivity contribution in [1.82, 2.24) is 25.3 Å². The highest BCUT2D eigenvalue weighted by Crippen LogP contribution is 2.26. The third-order valence-corrected chi connectivity index (χ3v) is 9.63. The largest absolute Gasteiger partial charge is 0.465 e. The number of unbranched alkanes of at least 4 members (excludes halogenated alkanes) is 3. The molecule has 1 saturated heterocycles. The van der Waals surface area contributed by atoms with Crippen molar-refractivity contribution in [1.29, 1.82) is 0 Å². The van der Waals surface area contributed by atoms with Gasteiger partial charge >= 0.3 is 24.1 Å². The van der Waals surface area contributed by atoms with Gasteiger partial charge in [0.05, 0.1) is 32.9 Å². The molecule has 0 aliphatic carbocycles. The average molecular weight is 916 g/mol. The number of esters is 2. The molecule has 2 rings (SSSR count). The lowest BCUT2D eigenvalue weighted by molar-refractivity contribution is -0.157. The minimum atomic E-state index is -1.07. The van der Waals surface area contributed by atoms with Crippen LogP contribution in [0.15, 0.2) is 18.2 Å². The van der Waals surface area contributed by atoms with Gasteiger partial charge in [0, 0.05) is 61.2 Å². The molecule has 1 heterocycles. The summed E-state index contributed by atoms with van der Waals surface area (Å²) in [5, 5.41) is 6.20.